The summed E-state index contributed by atoms with van der Waals surface area (Å²) in [6.07, 6.45) is -0.686. The summed E-state index contributed by atoms with van der Waals surface area (Å²) in [5.74, 6) is 0.592. The number of hydrogen-bond acceptors (Lipinski definition) is 3. The van der Waals surface area contributed by atoms with Crippen molar-refractivity contribution in [3.63, 3.8) is 0 Å². The summed E-state index contributed by atoms with van der Waals surface area (Å²) < 4.78 is 18.8. The topological polar surface area (TPSA) is 33.4 Å². The van der Waals surface area contributed by atoms with Gasteiger partial charge >= 0.3 is 0 Å². The van der Waals surface area contributed by atoms with Crippen LogP contribution in [0.2, 0.25) is 0 Å². The second kappa shape index (κ2) is 5.10. The van der Waals surface area contributed by atoms with Crippen molar-refractivity contribution in [2.45, 2.75) is 25.2 Å². The van der Waals surface area contributed by atoms with E-state index in [0.717, 1.165) is 0 Å². The maximum absolute atomic E-state index is 13.4. The molecule has 1 heterocycles. The summed E-state index contributed by atoms with van der Waals surface area (Å²) in [7, 11) is 0. The van der Waals surface area contributed by atoms with E-state index in [2.05, 4.69) is 13.8 Å². The van der Waals surface area contributed by atoms with Crippen molar-refractivity contribution in [3.8, 4) is 0 Å². The Labute approximate surface area is 104 Å². The molecule has 1 aromatic heterocycles. The normalized spacial score (nSPS) is 13.5. The third-order valence-corrected chi connectivity index (χ3v) is 3.61. The van der Waals surface area contributed by atoms with Crippen LogP contribution >= 0.6 is 11.8 Å². The number of rotatable bonds is 4. The van der Waals surface area contributed by atoms with Crippen LogP contribution in [-0.2, 0) is 0 Å². The molecule has 2 nitrogen and oxygen atoms in total. The molecule has 1 unspecified atom stereocenters. The van der Waals surface area contributed by atoms with Crippen molar-refractivity contribution in [1.29, 1.82) is 0 Å². The molecule has 1 atom stereocenters. The summed E-state index contributed by atoms with van der Waals surface area (Å²) in [4.78, 5) is 0. The summed E-state index contributed by atoms with van der Waals surface area (Å²) in [5.41, 5.74) is 0.219. The average Bonchev–Trinajstić information content (AvgIpc) is 2.71. The van der Waals surface area contributed by atoms with E-state index in [4.69, 9.17) is 4.42 Å². The molecular weight excluding hydrogens is 239 g/mol. The van der Waals surface area contributed by atoms with Crippen LogP contribution in [0.15, 0.2) is 28.7 Å². The molecule has 17 heavy (non-hydrogen) atoms. The number of halogens is 1. The molecule has 0 saturated carbocycles. The molecular formula is C13H15FO2S. The lowest BCUT2D eigenvalue weighted by molar-refractivity contribution is 0.176. The first-order chi connectivity index (χ1) is 8.08. The highest BCUT2D eigenvalue weighted by molar-refractivity contribution is 7.99. The van der Waals surface area contributed by atoms with Crippen molar-refractivity contribution in [3.05, 3.63) is 35.8 Å². The summed E-state index contributed by atoms with van der Waals surface area (Å²) in [6, 6.07) is 6.45. The largest absolute Gasteiger partial charge is 0.455 e. The molecule has 0 aliphatic carbocycles. The summed E-state index contributed by atoms with van der Waals surface area (Å²) in [6.45, 7) is 4.13. The van der Waals surface area contributed by atoms with Gasteiger partial charge in [-0.25, -0.2) is 4.39 Å². The van der Waals surface area contributed by atoms with Crippen molar-refractivity contribution in [2.75, 3.05) is 5.75 Å². The fourth-order valence-corrected chi connectivity index (χ4v) is 2.31. The maximum atomic E-state index is 13.4. The number of furan rings is 1. The third-order valence-electron chi connectivity index (χ3n) is 2.43. The van der Waals surface area contributed by atoms with Gasteiger partial charge in [0.1, 0.15) is 11.9 Å². The zero-order chi connectivity index (χ0) is 12.4. The van der Waals surface area contributed by atoms with Crippen molar-refractivity contribution < 1.29 is 13.9 Å². The quantitative estimate of drug-likeness (QED) is 0.902. The van der Waals surface area contributed by atoms with Gasteiger partial charge in [0.05, 0.1) is 0 Å². The van der Waals surface area contributed by atoms with E-state index in [1.807, 2.05) is 0 Å². The molecule has 2 rings (SSSR count). The molecule has 0 spiro atoms. The van der Waals surface area contributed by atoms with E-state index in [9.17, 15) is 9.50 Å². The van der Waals surface area contributed by atoms with E-state index in [1.54, 1.807) is 30.0 Å². The molecule has 1 N–H and O–H groups in total. The smallest absolute Gasteiger partial charge is 0.170 e. The number of thioether (sulfide) groups is 1. The van der Waals surface area contributed by atoms with Crippen molar-refractivity contribution >= 4 is 22.7 Å². The Balaban J connectivity index is 2.21. The fourth-order valence-electron chi connectivity index (χ4n) is 1.58. The number of aliphatic hydroxyl groups excluding tert-OH is 1. The van der Waals surface area contributed by atoms with Crippen molar-refractivity contribution in [2.24, 2.45) is 0 Å². The molecule has 92 valence electrons. The molecule has 0 amide bonds. The highest BCUT2D eigenvalue weighted by Crippen LogP contribution is 2.28. The van der Waals surface area contributed by atoms with Gasteiger partial charge in [-0.2, -0.15) is 11.8 Å². The van der Waals surface area contributed by atoms with Gasteiger partial charge < -0.3 is 9.52 Å². The number of para-hydroxylation sites is 1. The van der Waals surface area contributed by atoms with E-state index < -0.39 is 11.9 Å². The third kappa shape index (κ3) is 2.82. The molecule has 0 bridgehead atoms. The van der Waals surface area contributed by atoms with E-state index in [-0.39, 0.29) is 5.58 Å². The van der Waals surface area contributed by atoms with Crippen LogP contribution in [0.25, 0.3) is 11.0 Å². The molecule has 0 radical (unpaired) electrons. The van der Waals surface area contributed by atoms with Crippen LogP contribution in [0.3, 0.4) is 0 Å². The lowest BCUT2D eigenvalue weighted by Crippen LogP contribution is -2.01. The average molecular weight is 254 g/mol. The highest BCUT2D eigenvalue weighted by atomic mass is 32.2. The minimum Gasteiger partial charge on any atom is -0.455 e. The van der Waals surface area contributed by atoms with Crippen LogP contribution < -0.4 is 0 Å². The monoisotopic (exact) mass is 254 g/mol. The zero-order valence-corrected chi connectivity index (χ0v) is 10.6. The van der Waals surface area contributed by atoms with E-state index in [0.29, 0.717) is 22.1 Å². The Morgan fingerprint density at radius 2 is 2.18 bits per heavy atom. The molecule has 0 fully saturated rings. The van der Waals surface area contributed by atoms with Crippen LogP contribution in [-0.4, -0.2) is 16.1 Å². The summed E-state index contributed by atoms with van der Waals surface area (Å²) >= 11 is 1.64. The standard InChI is InChI=1S/C13H15FO2S/c1-8(2)17-7-11(15)12-6-9-4-3-5-10(14)13(9)16-12/h3-6,8,11,15H,7H2,1-2H3. The fraction of sp³-hybridized carbons (Fsp3) is 0.385. The molecule has 2 aromatic rings. The SMILES string of the molecule is CC(C)SCC(O)c1cc2cccc(F)c2o1. The Morgan fingerprint density at radius 1 is 1.41 bits per heavy atom. The van der Waals surface area contributed by atoms with Crippen LogP contribution in [0, 0.1) is 5.82 Å². The first-order valence-corrected chi connectivity index (χ1v) is 6.60. The van der Waals surface area contributed by atoms with Gasteiger partial charge in [0.25, 0.3) is 0 Å². The van der Waals surface area contributed by atoms with Crippen LogP contribution in [0.4, 0.5) is 4.39 Å². The lowest BCUT2D eigenvalue weighted by atomic mass is 10.2. The van der Waals surface area contributed by atoms with Gasteiger partial charge in [-0.05, 0) is 17.4 Å². The second-order valence-corrected chi connectivity index (χ2v) is 5.81. The lowest BCUT2D eigenvalue weighted by Gasteiger charge is -2.08. The Hall–Kier alpha value is -1.00. The number of hydrogen-bond donors (Lipinski definition) is 1. The first-order valence-electron chi connectivity index (χ1n) is 5.55. The van der Waals surface area contributed by atoms with Gasteiger partial charge in [0.15, 0.2) is 11.4 Å². The van der Waals surface area contributed by atoms with Gasteiger partial charge in [0, 0.05) is 11.1 Å². The van der Waals surface area contributed by atoms with E-state index in [1.165, 1.54) is 6.07 Å². The Bertz CT molecular complexity index is 507. The first kappa shape index (κ1) is 12.5. The molecule has 4 heteroatoms. The van der Waals surface area contributed by atoms with E-state index >= 15 is 0 Å². The predicted octanol–water partition coefficient (Wildman–Crippen LogP) is 3.75. The minimum absolute atomic E-state index is 0.219. The molecule has 0 saturated heterocycles. The minimum atomic E-state index is -0.686. The number of benzene rings is 1. The van der Waals surface area contributed by atoms with Gasteiger partial charge in [-0.15, -0.1) is 0 Å². The van der Waals surface area contributed by atoms with Gasteiger partial charge in [-0.3, -0.25) is 0 Å². The Morgan fingerprint density at radius 3 is 2.82 bits per heavy atom. The van der Waals surface area contributed by atoms with Gasteiger partial charge in [-0.1, -0.05) is 26.0 Å². The van der Waals surface area contributed by atoms with Crippen LogP contribution in [0.1, 0.15) is 25.7 Å². The van der Waals surface area contributed by atoms with Gasteiger partial charge in [0.2, 0.25) is 0 Å². The summed E-state index contributed by atoms with van der Waals surface area (Å²) in [5, 5.41) is 11.1. The van der Waals surface area contributed by atoms with Crippen molar-refractivity contribution in [1.82, 2.24) is 0 Å². The Kier molecular flexibility index (Phi) is 3.74. The van der Waals surface area contributed by atoms with Crippen LogP contribution in [0.5, 0.6) is 0 Å². The zero-order valence-electron chi connectivity index (χ0n) is 9.81. The molecule has 0 aliphatic rings. The highest BCUT2D eigenvalue weighted by Gasteiger charge is 2.15. The predicted molar refractivity (Wildman–Crippen MR) is 68.7 cm³/mol. The molecule has 0 aliphatic heterocycles. The number of aliphatic hydroxyl groups is 1. The number of fused-ring (bicyclic) bond motifs is 1. The molecule has 1 aromatic carbocycles. The second-order valence-electron chi connectivity index (χ2n) is 4.20. The maximum Gasteiger partial charge on any atom is 0.170 e.